The van der Waals surface area contributed by atoms with Crippen LogP contribution in [-0.4, -0.2) is 47.0 Å². The highest BCUT2D eigenvalue weighted by Crippen LogP contribution is 2.17. The first-order chi connectivity index (χ1) is 9.34. The number of aromatic carboxylic acids is 1. The Bertz CT molecular complexity index is 633. The number of pyridine rings is 1. The molecular weight excluding hydrogens is 266 g/mol. The first kappa shape index (κ1) is 13.7. The van der Waals surface area contributed by atoms with Gasteiger partial charge < -0.3 is 10.2 Å². The van der Waals surface area contributed by atoms with E-state index >= 15 is 0 Å². The van der Waals surface area contributed by atoms with Crippen LogP contribution in [0.25, 0.3) is 5.70 Å². The largest absolute Gasteiger partial charge is 0.864 e. The van der Waals surface area contributed by atoms with Gasteiger partial charge in [0.2, 0.25) is 0 Å². The van der Waals surface area contributed by atoms with Crippen LogP contribution in [0.3, 0.4) is 0 Å². The Hall–Kier alpha value is -2.74. The molecule has 0 saturated carbocycles. The molecule has 0 fully saturated rings. The van der Waals surface area contributed by atoms with Crippen molar-refractivity contribution in [1.29, 1.82) is 0 Å². The topological polar surface area (TPSA) is 105 Å². The number of hydrogen-bond acceptors (Lipinski definition) is 5. The number of aromatic nitrogens is 1. The van der Waals surface area contributed by atoms with Gasteiger partial charge in [-0.1, -0.05) is 0 Å². The summed E-state index contributed by atoms with van der Waals surface area (Å²) >= 11 is 0. The average molecular weight is 277 g/mol. The van der Waals surface area contributed by atoms with Gasteiger partial charge in [-0.3, -0.25) is 9.59 Å². The van der Waals surface area contributed by atoms with Crippen molar-refractivity contribution in [2.75, 3.05) is 14.1 Å². The van der Waals surface area contributed by atoms with Gasteiger partial charge in [0.15, 0.2) is 12.4 Å². The number of imide groups is 1. The summed E-state index contributed by atoms with van der Waals surface area (Å²) in [5, 5.41) is 22.5. The van der Waals surface area contributed by atoms with Crippen LogP contribution >= 0.6 is 0 Å². The fourth-order valence-corrected chi connectivity index (χ4v) is 1.80. The van der Waals surface area contributed by atoms with Crippen molar-refractivity contribution >= 4 is 23.5 Å². The molecule has 0 saturated heterocycles. The monoisotopic (exact) mass is 277 g/mol. The summed E-state index contributed by atoms with van der Waals surface area (Å²) in [6.07, 6.45) is 2.50. The van der Waals surface area contributed by atoms with Crippen molar-refractivity contribution in [1.82, 2.24) is 10.0 Å². The molecule has 1 aromatic rings. The molecule has 0 aliphatic carbocycles. The minimum absolute atomic E-state index is 0.00976. The van der Waals surface area contributed by atoms with Gasteiger partial charge >= 0.3 is 11.9 Å². The van der Waals surface area contributed by atoms with E-state index in [-0.39, 0.29) is 11.3 Å². The summed E-state index contributed by atoms with van der Waals surface area (Å²) in [6, 6.07) is 2.47. The minimum atomic E-state index is -1.13. The zero-order valence-corrected chi connectivity index (χ0v) is 10.7. The standard InChI is InChI=1S/C12H11N3O5/c1-13(2)15-10(17)8(9(16)11(15)18)14-5-3-7(4-6-14)12(19)20/h3-6H,1-2H3,(H-,16,17,19,20). The Morgan fingerprint density at radius 1 is 1.25 bits per heavy atom. The predicted molar refractivity (Wildman–Crippen MR) is 62.4 cm³/mol. The van der Waals surface area contributed by atoms with Crippen LogP contribution in [0.2, 0.25) is 0 Å². The number of hydrazine groups is 1. The predicted octanol–water partition coefficient (Wildman–Crippen LogP) is -1.95. The number of carbonyl (C=O) groups excluding carboxylic acids is 2. The lowest BCUT2D eigenvalue weighted by Gasteiger charge is -2.21. The molecule has 0 unspecified atom stereocenters. The lowest BCUT2D eigenvalue weighted by molar-refractivity contribution is -0.581. The summed E-state index contributed by atoms with van der Waals surface area (Å²) in [6.45, 7) is 0. The second-order valence-corrected chi connectivity index (χ2v) is 4.25. The van der Waals surface area contributed by atoms with E-state index in [1.54, 1.807) is 0 Å². The number of nitrogens with zero attached hydrogens (tertiary/aromatic N) is 3. The van der Waals surface area contributed by atoms with Crippen LogP contribution in [0.1, 0.15) is 10.4 Å². The zero-order chi connectivity index (χ0) is 15.0. The molecule has 8 heteroatoms. The first-order valence-corrected chi connectivity index (χ1v) is 5.57. The smallest absolute Gasteiger partial charge is 0.340 e. The molecule has 0 aromatic carbocycles. The third-order valence-corrected chi connectivity index (χ3v) is 2.73. The Kier molecular flexibility index (Phi) is 3.24. The molecule has 0 atom stereocenters. The van der Waals surface area contributed by atoms with Crippen molar-refractivity contribution in [3.63, 3.8) is 0 Å². The van der Waals surface area contributed by atoms with Gasteiger partial charge in [-0.15, -0.1) is 0 Å². The normalized spacial score (nSPS) is 15.4. The van der Waals surface area contributed by atoms with E-state index in [0.717, 1.165) is 9.58 Å². The summed E-state index contributed by atoms with van der Waals surface area (Å²) in [4.78, 5) is 34.5. The third-order valence-electron chi connectivity index (χ3n) is 2.73. The molecule has 1 N–H and O–H groups in total. The van der Waals surface area contributed by atoms with E-state index in [1.807, 2.05) is 0 Å². The molecule has 0 spiro atoms. The number of amides is 2. The van der Waals surface area contributed by atoms with Crippen LogP contribution in [0.5, 0.6) is 0 Å². The van der Waals surface area contributed by atoms with Crippen molar-refractivity contribution in [2.24, 2.45) is 0 Å². The van der Waals surface area contributed by atoms with Crippen molar-refractivity contribution in [3.05, 3.63) is 35.8 Å². The maximum absolute atomic E-state index is 12.1. The van der Waals surface area contributed by atoms with Crippen molar-refractivity contribution in [2.45, 2.75) is 0 Å². The van der Waals surface area contributed by atoms with Gasteiger partial charge in [0.05, 0.1) is 5.56 Å². The van der Waals surface area contributed by atoms with E-state index in [4.69, 9.17) is 5.11 Å². The molecule has 1 aliphatic rings. The number of hydrogen-bond donors (Lipinski definition) is 1. The quantitative estimate of drug-likeness (QED) is 0.508. The lowest BCUT2D eigenvalue weighted by Crippen LogP contribution is -2.45. The van der Waals surface area contributed by atoms with Crippen LogP contribution in [-0.2, 0) is 9.59 Å². The molecule has 2 heterocycles. The molecule has 8 nitrogen and oxygen atoms in total. The van der Waals surface area contributed by atoms with Gasteiger partial charge in [0, 0.05) is 32.0 Å². The Balaban J connectivity index is 2.44. The van der Waals surface area contributed by atoms with E-state index in [0.29, 0.717) is 0 Å². The van der Waals surface area contributed by atoms with Crippen LogP contribution in [0.4, 0.5) is 0 Å². The zero-order valence-electron chi connectivity index (χ0n) is 10.7. The second-order valence-electron chi connectivity index (χ2n) is 4.25. The summed E-state index contributed by atoms with van der Waals surface area (Å²) in [7, 11) is 2.93. The van der Waals surface area contributed by atoms with E-state index in [1.165, 1.54) is 43.6 Å². The lowest BCUT2D eigenvalue weighted by atomic mass is 10.2. The summed E-state index contributed by atoms with van der Waals surface area (Å²) < 4.78 is 1.14. The molecule has 0 radical (unpaired) electrons. The molecule has 20 heavy (non-hydrogen) atoms. The van der Waals surface area contributed by atoms with Gasteiger partial charge in [-0.2, -0.15) is 9.58 Å². The van der Waals surface area contributed by atoms with E-state index in [9.17, 15) is 19.5 Å². The molecule has 0 bridgehead atoms. The van der Waals surface area contributed by atoms with Crippen molar-refractivity contribution < 1.29 is 29.2 Å². The van der Waals surface area contributed by atoms with Crippen LogP contribution in [0, 0.1) is 0 Å². The maximum Gasteiger partial charge on any atom is 0.340 e. The summed E-state index contributed by atoms with van der Waals surface area (Å²) in [5.41, 5.74) is -0.323. The molecule has 104 valence electrons. The van der Waals surface area contributed by atoms with Gasteiger partial charge in [-0.25, -0.2) is 9.80 Å². The van der Waals surface area contributed by atoms with Crippen molar-refractivity contribution in [3.8, 4) is 0 Å². The third kappa shape index (κ3) is 2.01. The highest BCUT2D eigenvalue weighted by molar-refractivity contribution is 6.28. The minimum Gasteiger partial charge on any atom is -0.864 e. The Morgan fingerprint density at radius 3 is 2.20 bits per heavy atom. The number of carboxylic acids is 1. The average Bonchev–Trinajstić information content (AvgIpc) is 2.60. The van der Waals surface area contributed by atoms with E-state index < -0.39 is 23.5 Å². The highest BCUT2D eigenvalue weighted by Gasteiger charge is 2.41. The Labute approximate surface area is 113 Å². The number of rotatable bonds is 3. The molecule has 1 aromatic heterocycles. The molecular formula is C12H11N3O5. The Morgan fingerprint density at radius 2 is 1.80 bits per heavy atom. The summed E-state index contributed by atoms with van der Waals surface area (Å²) in [5.74, 6) is -3.75. The maximum atomic E-state index is 12.1. The second kappa shape index (κ2) is 4.74. The van der Waals surface area contributed by atoms with E-state index in [2.05, 4.69) is 0 Å². The first-order valence-electron chi connectivity index (χ1n) is 5.57. The van der Waals surface area contributed by atoms with Gasteiger partial charge in [0.25, 0.3) is 11.6 Å². The van der Waals surface area contributed by atoms with Crippen LogP contribution in [0.15, 0.2) is 30.3 Å². The molecule has 1 aliphatic heterocycles. The van der Waals surface area contributed by atoms with Gasteiger partial charge in [0.1, 0.15) is 0 Å². The number of carboxylic acid groups (broad SMARTS) is 1. The fraction of sp³-hybridized carbons (Fsp3) is 0.167. The molecule has 2 amide bonds. The fourth-order valence-electron chi connectivity index (χ4n) is 1.80. The van der Waals surface area contributed by atoms with Crippen LogP contribution < -0.4 is 9.67 Å². The SMILES string of the molecule is CN(C)N1C(=O)C([O-])=C([n+]2ccc(C(=O)O)cc2)C1=O. The van der Waals surface area contributed by atoms with Gasteiger partial charge in [-0.05, 0) is 0 Å². The number of carbonyl (C=O) groups is 3. The highest BCUT2D eigenvalue weighted by atomic mass is 16.4. The molecule has 2 rings (SSSR count).